The highest BCUT2D eigenvalue weighted by Gasteiger charge is 2.29. The lowest BCUT2D eigenvalue weighted by Gasteiger charge is -2.24. The van der Waals surface area contributed by atoms with Crippen molar-refractivity contribution in [2.45, 2.75) is 49.5 Å². The van der Waals surface area contributed by atoms with Crippen molar-refractivity contribution >= 4 is 17.7 Å². The molecule has 138 valence electrons. The van der Waals surface area contributed by atoms with Crippen LogP contribution in [0.25, 0.3) is 0 Å². The molecular weight excluding hydrogens is 348 g/mol. The summed E-state index contributed by atoms with van der Waals surface area (Å²) >= 11 is 1.42. The van der Waals surface area contributed by atoms with Gasteiger partial charge in [0.25, 0.3) is 0 Å². The SMILES string of the molecule is C[C@@H](c1ccccc1)N1CC[C@@H](NC(=O)CSc2nnnn2C2CC2)C1. The number of rotatable bonds is 7. The third-order valence-electron chi connectivity index (χ3n) is 5.10. The van der Waals surface area contributed by atoms with Crippen LogP contribution in [0.2, 0.25) is 0 Å². The summed E-state index contributed by atoms with van der Waals surface area (Å²) in [4.78, 5) is 14.7. The van der Waals surface area contributed by atoms with Gasteiger partial charge in [-0.25, -0.2) is 4.68 Å². The van der Waals surface area contributed by atoms with Crippen LogP contribution >= 0.6 is 11.8 Å². The molecule has 1 saturated carbocycles. The number of nitrogens with zero attached hydrogens (tertiary/aromatic N) is 5. The highest BCUT2D eigenvalue weighted by Crippen LogP contribution is 2.36. The van der Waals surface area contributed by atoms with E-state index in [0.29, 0.717) is 17.8 Å². The average Bonchev–Trinajstić information content (AvgIpc) is 3.22. The summed E-state index contributed by atoms with van der Waals surface area (Å²) in [5.74, 6) is 0.414. The maximum absolute atomic E-state index is 12.3. The highest BCUT2D eigenvalue weighted by atomic mass is 32.2. The molecule has 2 aromatic rings. The van der Waals surface area contributed by atoms with Crippen LogP contribution < -0.4 is 5.32 Å². The molecule has 1 saturated heterocycles. The van der Waals surface area contributed by atoms with Crippen LogP contribution in [0, 0.1) is 0 Å². The van der Waals surface area contributed by atoms with Gasteiger partial charge < -0.3 is 5.32 Å². The molecule has 0 spiro atoms. The van der Waals surface area contributed by atoms with E-state index in [0.717, 1.165) is 37.5 Å². The fraction of sp³-hybridized carbons (Fsp3) is 0.556. The van der Waals surface area contributed by atoms with Gasteiger partial charge in [0.2, 0.25) is 11.1 Å². The third-order valence-corrected chi connectivity index (χ3v) is 6.04. The zero-order valence-corrected chi connectivity index (χ0v) is 15.7. The summed E-state index contributed by atoms with van der Waals surface area (Å²) in [5, 5.41) is 15.7. The van der Waals surface area contributed by atoms with Crippen LogP contribution in [0.1, 0.15) is 43.8 Å². The van der Waals surface area contributed by atoms with E-state index in [1.807, 2.05) is 10.7 Å². The zero-order chi connectivity index (χ0) is 17.9. The first-order valence-electron chi connectivity index (χ1n) is 9.19. The maximum Gasteiger partial charge on any atom is 0.230 e. The van der Waals surface area contributed by atoms with Gasteiger partial charge in [0.15, 0.2) is 0 Å². The molecular formula is C18H24N6OS. The Balaban J connectivity index is 1.24. The van der Waals surface area contributed by atoms with Gasteiger partial charge in [-0.3, -0.25) is 9.69 Å². The van der Waals surface area contributed by atoms with E-state index in [-0.39, 0.29) is 11.9 Å². The Kier molecular flexibility index (Phi) is 5.21. The third kappa shape index (κ3) is 4.07. The van der Waals surface area contributed by atoms with Crippen LogP contribution in [0.15, 0.2) is 35.5 Å². The van der Waals surface area contributed by atoms with Gasteiger partial charge >= 0.3 is 0 Å². The van der Waals surface area contributed by atoms with Crippen molar-refractivity contribution in [1.29, 1.82) is 0 Å². The molecule has 0 unspecified atom stereocenters. The van der Waals surface area contributed by atoms with E-state index >= 15 is 0 Å². The van der Waals surface area contributed by atoms with Gasteiger partial charge in [0.1, 0.15) is 0 Å². The summed E-state index contributed by atoms with van der Waals surface area (Å²) in [5.41, 5.74) is 1.32. The van der Waals surface area contributed by atoms with Crippen molar-refractivity contribution in [2.75, 3.05) is 18.8 Å². The molecule has 1 aromatic heterocycles. The largest absolute Gasteiger partial charge is 0.351 e. The molecule has 1 amide bonds. The molecule has 2 aliphatic rings. The number of thioether (sulfide) groups is 1. The molecule has 1 N–H and O–H groups in total. The lowest BCUT2D eigenvalue weighted by molar-refractivity contribution is -0.119. The molecule has 1 aliphatic heterocycles. The van der Waals surface area contributed by atoms with Gasteiger partial charge in [0.05, 0.1) is 11.8 Å². The molecule has 2 fully saturated rings. The van der Waals surface area contributed by atoms with Gasteiger partial charge in [0, 0.05) is 25.2 Å². The summed E-state index contributed by atoms with van der Waals surface area (Å²) in [7, 11) is 0. The van der Waals surface area contributed by atoms with Gasteiger partial charge in [-0.05, 0) is 42.2 Å². The Morgan fingerprint density at radius 3 is 2.88 bits per heavy atom. The summed E-state index contributed by atoms with van der Waals surface area (Å²) in [6, 6.07) is 11.5. The Labute approximate surface area is 157 Å². The zero-order valence-electron chi connectivity index (χ0n) is 14.9. The predicted molar refractivity (Wildman–Crippen MR) is 99.8 cm³/mol. The van der Waals surface area contributed by atoms with E-state index in [2.05, 4.69) is 56.9 Å². The lowest BCUT2D eigenvalue weighted by atomic mass is 10.1. The second-order valence-electron chi connectivity index (χ2n) is 7.06. The first-order chi connectivity index (χ1) is 12.7. The van der Waals surface area contributed by atoms with Crippen molar-refractivity contribution < 1.29 is 4.79 Å². The molecule has 2 atom stereocenters. The minimum absolute atomic E-state index is 0.0551. The number of likely N-dealkylation sites (tertiary alicyclic amines) is 1. The normalized spacial score (nSPS) is 21.7. The molecule has 0 radical (unpaired) electrons. The van der Waals surface area contributed by atoms with E-state index < -0.39 is 0 Å². The van der Waals surface area contributed by atoms with Crippen LogP contribution in [-0.4, -0.2) is 55.9 Å². The number of tetrazole rings is 1. The van der Waals surface area contributed by atoms with Crippen molar-refractivity contribution in [3.63, 3.8) is 0 Å². The van der Waals surface area contributed by atoms with Crippen molar-refractivity contribution in [1.82, 2.24) is 30.4 Å². The highest BCUT2D eigenvalue weighted by molar-refractivity contribution is 7.99. The van der Waals surface area contributed by atoms with Crippen LogP contribution in [0.4, 0.5) is 0 Å². The number of hydrogen-bond donors (Lipinski definition) is 1. The molecule has 26 heavy (non-hydrogen) atoms. The monoisotopic (exact) mass is 372 g/mol. The first kappa shape index (κ1) is 17.5. The molecule has 1 aromatic carbocycles. The number of hydrogen-bond acceptors (Lipinski definition) is 6. The fourth-order valence-electron chi connectivity index (χ4n) is 3.43. The topological polar surface area (TPSA) is 75.9 Å². The molecule has 2 heterocycles. The van der Waals surface area contributed by atoms with Gasteiger partial charge in [-0.15, -0.1) is 5.10 Å². The minimum Gasteiger partial charge on any atom is -0.351 e. The van der Waals surface area contributed by atoms with E-state index in [9.17, 15) is 4.79 Å². The van der Waals surface area contributed by atoms with Crippen molar-refractivity contribution in [3.8, 4) is 0 Å². The standard InChI is InChI=1S/C18H24N6OS/c1-13(14-5-3-2-4-6-14)23-10-9-15(11-23)19-17(25)12-26-18-20-21-22-24(18)16-7-8-16/h2-6,13,15-16H,7-12H2,1H3,(H,19,25)/t13-,15+/m0/s1. The molecule has 4 rings (SSSR count). The molecule has 8 heteroatoms. The number of benzene rings is 1. The minimum atomic E-state index is 0.0551. The Morgan fingerprint density at radius 1 is 1.31 bits per heavy atom. The van der Waals surface area contributed by atoms with Gasteiger partial charge in [-0.1, -0.05) is 42.1 Å². The Bertz CT molecular complexity index is 747. The second-order valence-corrected chi connectivity index (χ2v) is 8.00. The molecule has 7 nitrogen and oxygen atoms in total. The van der Waals surface area contributed by atoms with E-state index in [1.165, 1.54) is 17.3 Å². The molecule has 1 aliphatic carbocycles. The van der Waals surface area contributed by atoms with E-state index in [1.54, 1.807) is 0 Å². The summed E-state index contributed by atoms with van der Waals surface area (Å²) in [6.07, 6.45) is 3.25. The van der Waals surface area contributed by atoms with Crippen molar-refractivity contribution in [2.24, 2.45) is 0 Å². The number of amides is 1. The summed E-state index contributed by atoms with van der Waals surface area (Å²) in [6.45, 7) is 4.13. The number of carbonyl (C=O) groups is 1. The Morgan fingerprint density at radius 2 is 2.12 bits per heavy atom. The van der Waals surface area contributed by atoms with Crippen LogP contribution in [0.3, 0.4) is 0 Å². The summed E-state index contributed by atoms with van der Waals surface area (Å²) < 4.78 is 1.84. The smallest absolute Gasteiger partial charge is 0.230 e. The predicted octanol–water partition coefficient (Wildman–Crippen LogP) is 2.05. The Hall–Kier alpha value is -1.93. The maximum atomic E-state index is 12.3. The lowest BCUT2D eigenvalue weighted by Crippen LogP contribution is -2.38. The average molecular weight is 372 g/mol. The first-order valence-corrected chi connectivity index (χ1v) is 10.2. The fourth-order valence-corrected chi connectivity index (χ4v) is 4.18. The van der Waals surface area contributed by atoms with E-state index in [4.69, 9.17) is 0 Å². The quantitative estimate of drug-likeness (QED) is 0.750. The van der Waals surface area contributed by atoms with Gasteiger partial charge in [-0.2, -0.15) is 0 Å². The van der Waals surface area contributed by atoms with Crippen LogP contribution in [-0.2, 0) is 4.79 Å². The second kappa shape index (κ2) is 7.75. The number of carbonyl (C=O) groups excluding carboxylic acids is 1. The number of nitrogens with one attached hydrogen (secondary N) is 1. The van der Waals surface area contributed by atoms with Crippen molar-refractivity contribution in [3.05, 3.63) is 35.9 Å². The van der Waals surface area contributed by atoms with Crippen LogP contribution in [0.5, 0.6) is 0 Å². The molecule has 0 bridgehead atoms. The number of aromatic nitrogens is 4.